The van der Waals surface area contributed by atoms with Gasteiger partial charge >= 0.3 is 5.97 Å². The molecule has 0 fully saturated rings. The van der Waals surface area contributed by atoms with E-state index in [1.54, 1.807) is 6.92 Å². The molecule has 2 rings (SSSR count). The van der Waals surface area contributed by atoms with Crippen LogP contribution in [0.1, 0.15) is 6.92 Å². The predicted molar refractivity (Wildman–Crippen MR) is 59.0 cm³/mol. The molecule has 0 aliphatic carbocycles. The van der Waals surface area contributed by atoms with Crippen molar-refractivity contribution in [3.63, 3.8) is 0 Å². The average Bonchev–Trinajstić information content (AvgIpc) is 2.59. The van der Waals surface area contributed by atoms with E-state index in [1.807, 2.05) is 30.3 Å². The van der Waals surface area contributed by atoms with Crippen molar-refractivity contribution < 1.29 is 9.90 Å². The standard InChI is InChI=1S/C11H12N2O2/c1-7(11(14)15)12-10-6-8-4-2-3-5-9(8)13-10/h2-7,12-13H,1H3,(H,14,15). The quantitative estimate of drug-likeness (QED) is 0.716. The molecule has 15 heavy (non-hydrogen) atoms. The highest BCUT2D eigenvalue weighted by molar-refractivity contribution is 5.85. The van der Waals surface area contributed by atoms with Crippen LogP contribution in [0.4, 0.5) is 5.82 Å². The van der Waals surface area contributed by atoms with Crippen LogP contribution in [0.15, 0.2) is 30.3 Å². The zero-order valence-electron chi connectivity index (χ0n) is 8.32. The number of fused-ring (bicyclic) bond motifs is 1. The minimum atomic E-state index is -0.867. The molecule has 1 unspecified atom stereocenters. The number of carboxylic acids is 1. The maximum absolute atomic E-state index is 10.6. The minimum absolute atomic E-state index is 0.599. The molecule has 1 atom stereocenters. The number of aromatic nitrogens is 1. The second-order valence-electron chi connectivity index (χ2n) is 3.47. The van der Waals surface area contributed by atoms with Crippen molar-refractivity contribution in [2.45, 2.75) is 13.0 Å². The number of nitrogens with one attached hydrogen (secondary N) is 2. The third kappa shape index (κ3) is 1.93. The third-order valence-electron chi connectivity index (χ3n) is 2.27. The van der Waals surface area contributed by atoms with Crippen LogP contribution in [0, 0.1) is 0 Å². The van der Waals surface area contributed by atoms with E-state index in [-0.39, 0.29) is 0 Å². The number of hydrogen-bond donors (Lipinski definition) is 3. The number of carbonyl (C=O) groups is 1. The van der Waals surface area contributed by atoms with Gasteiger partial charge in [-0.1, -0.05) is 18.2 Å². The van der Waals surface area contributed by atoms with Gasteiger partial charge in [0.1, 0.15) is 11.9 Å². The smallest absolute Gasteiger partial charge is 0.325 e. The summed E-state index contributed by atoms with van der Waals surface area (Å²) in [5.41, 5.74) is 0.998. The number of para-hydroxylation sites is 1. The van der Waals surface area contributed by atoms with Crippen LogP contribution < -0.4 is 5.32 Å². The van der Waals surface area contributed by atoms with E-state index in [0.29, 0.717) is 0 Å². The molecule has 0 bridgehead atoms. The molecule has 0 spiro atoms. The van der Waals surface area contributed by atoms with E-state index in [1.165, 1.54) is 0 Å². The highest BCUT2D eigenvalue weighted by atomic mass is 16.4. The molecular formula is C11H12N2O2. The molecule has 0 aliphatic heterocycles. The number of anilines is 1. The van der Waals surface area contributed by atoms with Crippen LogP contribution in [-0.4, -0.2) is 22.1 Å². The van der Waals surface area contributed by atoms with Gasteiger partial charge in [-0.2, -0.15) is 0 Å². The van der Waals surface area contributed by atoms with Crippen LogP contribution in [-0.2, 0) is 4.79 Å². The molecule has 1 heterocycles. The van der Waals surface area contributed by atoms with Crippen LogP contribution in [0.5, 0.6) is 0 Å². The Kier molecular flexibility index (Phi) is 2.33. The normalized spacial score (nSPS) is 12.6. The van der Waals surface area contributed by atoms with Crippen molar-refractivity contribution in [1.82, 2.24) is 4.98 Å². The van der Waals surface area contributed by atoms with Crippen molar-refractivity contribution >= 4 is 22.7 Å². The Balaban J connectivity index is 2.26. The van der Waals surface area contributed by atoms with Crippen molar-refractivity contribution in [2.24, 2.45) is 0 Å². The van der Waals surface area contributed by atoms with Gasteiger partial charge in [0, 0.05) is 10.9 Å². The first kappa shape index (κ1) is 9.58. The zero-order valence-corrected chi connectivity index (χ0v) is 8.32. The summed E-state index contributed by atoms with van der Waals surface area (Å²) in [7, 11) is 0. The fraction of sp³-hybridized carbons (Fsp3) is 0.182. The summed E-state index contributed by atoms with van der Waals surface area (Å²) in [5.74, 6) is -0.139. The highest BCUT2D eigenvalue weighted by Gasteiger charge is 2.10. The lowest BCUT2D eigenvalue weighted by molar-refractivity contribution is -0.137. The summed E-state index contributed by atoms with van der Waals surface area (Å²) < 4.78 is 0. The van der Waals surface area contributed by atoms with Gasteiger partial charge < -0.3 is 15.4 Å². The monoisotopic (exact) mass is 204 g/mol. The Hall–Kier alpha value is -1.97. The van der Waals surface area contributed by atoms with Crippen molar-refractivity contribution in [3.8, 4) is 0 Å². The molecule has 1 aromatic carbocycles. The summed E-state index contributed by atoms with van der Waals surface area (Å²) in [5, 5.41) is 12.7. The fourth-order valence-electron chi connectivity index (χ4n) is 1.45. The van der Waals surface area contributed by atoms with E-state index < -0.39 is 12.0 Å². The van der Waals surface area contributed by atoms with Gasteiger partial charge in [-0.25, -0.2) is 0 Å². The Morgan fingerprint density at radius 2 is 2.20 bits per heavy atom. The number of aromatic amines is 1. The first-order chi connectivity index (χ1) is 7.16. The lowest BCUT2D eigenvalue weighted by atomic mass is 10.2. The topological polar surface area (TPSA) is 65.1 Å². The number of H-pyrrole nitrogens is 1. The zero-order chi connectivity index (χ0) is 10.8. The summed E-state index contributed by atoms with van der Waals surface area (Å²) in [6, 6.07) is 9.10. The summed E-state index contributed by atoms with van der Waals surface area (Å²) in [4.78, 5) is 13.7. The molecule has 4 nitrogen and oxygen atoms in total. The molecule has 0 radical (unpaired) electrons. The predicted octanol–water partition coefficient (Wildman–Crippen LogP) is 2.05. The average molecular weight is 204 g/mol. The molecule has 1 aromatic heterocycles. The third-order valence-corrected chi connectivity index (χ3v) is 2.27. The van der Waals surface area contributed by atoms with E-state index in [4.69, 9.17) is 5.11 Å². The van der Waals surface area contributed by atoms with Gasteiger partial charge in [0.2, 0.25) is 0 Å². The van der Waals surface area contributed by atoms with Crippen LogP contribution >= 0.6 is 0 Å². The number of hydrogen-bond acceptors (Lipinski definition) is 2. The van der Waals surface area contributed by atoms with Gasteiger partial charge in [0.05, 0.1) is 0 Å². The molecule has 0 saturated heterocycles. The van der Waals surface area contributed by atoms with Crippen molar-refractivity contribution in [1.29, 1.82) is 0 Å². The van der Waals surface area contributed by atoms with Gasteiger partial charge in [-0.05, 0) is 19.1 Å². The largest absolute Gasteiger partial charge is 0.480 e. The Bertz CT molecular complexity index is 457. The number of rotatable bonds is 3. The van der Waals surface area contributed by atoms with E-state index >= 15 is 0 Å². The lowest BCUT2D eigenvalue weighted by Crippen LogP contribution is -2.25. The number of benzene rings is 1. The first-order valence-electron chi connectivity index (χ1n) is 4.74. The molecule has 0 amide bonds. The molecule has 0 saturated carbocycles. The highest BCUT2D eigenvalue weighted by Crippen LogP contribution is 2.18. The van der Waals surface area contributed by atoms with Gasteiger partial charge in [-0.3, -0.25) is 4.79 Å². The maximum atomic E-state index is 10.6. The second-order valence-corrected chi connectivity index (χ2v) is 3.47. The van der Waals surface area contributed by atoms with Crippen molar-refractivity contribution in [2.75, 3.05) is 5.32 Å². The Morgan fingerprint density at radius 1 is 1.47 bits per heavy atom. The van der Waals surface area contributed by atoms with Gasteiger partial charge in [0.25, 0.3) is 0 Å². The molecule has 2 aromatic rings. The Morgan fingerprint density at radius 3 is 2.87 bits per heavy atom. The second kappa shape index (κ2) is 3.65. The summed E-state index contributed by atoms with van der Waals surface area (Å²) in [6.45, 7) is 1.60. The van der Waals surface area contributed by atoms with Gasteiger partial charge in [-0.15, -0.1) is 0 Å². The summed E-state index contributed by atoms with van der Waals surface area (Å²) >= 11 is 0. The van der Waals surface area contributed by atoms with Crippen molar-refractivity contribution in [3.05, 3.63) is 30.3 Å². The van der Waals surface area contributed by atoms with Gasteiger partial charge in [0.15, 0.2) is 0 Å². The van der Waals surface area contributed by atoms with Crippen LogP contribution in [0.3, 0.4) is 0 Å². The van der Waals surface area contributed by atoms with E-state index in [0.717, 1.165) is 16.7 Å². The molecule has 78 valence electrons. The minimum Gasteiger partial charge on any atom is -0.480 e. The molecule has 4 heteroatoms. The van der Waals surface area contributed by atoms with Crippen LogP contribution in [0.25, 0.3) is 10.9 Å². The Labute approximate surface area is 86.9 Å². The van der Waals surface area contributed by atoms with Crippen LogP contribution in [0.2, 0.25) is 0 Å². The molecular weight excluding hydrogens is 192 g/mol. The SMILES string of the molecule is CC(Nc1cc2ccccc2[nH]1)C(=O)O. The van der Waals surface area contributed by atoms with E-state index in [2.05, 4.69) is 10.3 Å². The first-order valence-corrected chi connectivity index (χ1v) is 4.74. The lowest BCUT2D eigenvalue weighted by Gasteiger charge is -2.07. The summed E-state index contributed by atoms with van der Waals surface area (Å²) in [6.07, 6.45) is 0. The molecule has 0 aliphatic rings. The molecule has 3 N–H and O–H groups in total. The number of carboxylic acid groups (broad SMARTS) is 1. The number of aliphatic carboxylic acids is 1. The van der Waals surface area contributed by atoms with E-state index in [9.17, 15) is 4.79 Å². The maximum Gasteiger partial charge on any atom is 0.325 e. The fourth-order valence-corrected chi connectivity index (χ4v) is 1.45.